The monoisotopic (exact) mass is 974 g/mol. The maximum Gasteiger partial charge on any atom is 0.187 e. The molecule has 0 spiro atoms. The predicted molar refractivity (Wildman–Crippen MR) is 319 cm³/mol. The average molecular weight is 975 g/mol. The Morgan fingerprint density at radius 2 is 0.750 bits per heavy atom. The lowest BCUT2D eigenvalue weighted by Crippen LogP contribution is -2.20. The van der Waals surface area contributed by atoms with Crippen LogP contribution in [-0.4, -0.2) is 0 Å². The van der Waals surface area contributed by atoms with Crippen molar-refractivity contribution in [2.24, 2.45) is 0 Å². The van der Waals surface area contributed by atoms with Crippen LogP contribution in [0.5, 0.6) is 0 Å². The molecule has 0 aliphatic rings. The number of nitrogens with zero attached hydrogens (tertiary/aromatic N) is 4. The van der Waals surface area contributed by atoms with Crippen molar-refractivity contribution < 1.29 is 0 Å². The van der Waals surface area contributed by atoms with Gasteiger partial charge in [0.15, 0.2) is 5.69 Å². The van der Waals surface area contributed by atoms with Gasteiger partial charge in [-0.25, -0.2) is 4.85 Å². The third kappa shape index (κ3) is 8.28. The smallest absolute Gasteiger partial charge is 0.187 e. The van der Waals surface area contributed by atoms with E-state index in [9.17, 15) is 5.26 Å². The Balaban J connectivity index is 1.10. The summed E-state index contributed by atoms with van der Waals surface area (Å²) in [5.41, 5.74) is 16.0. The van der Waals surface area contributed by atoms with E-state index in [0.29, 0.717) is 11.3 Å². The number of nitriles is 1. The Hall–Kier alpha value is -9.74. The maximum absolute atomic E-state index is 10.0. The molecule has 0 saturated heterocycles. The van der Waals surface area contributed by atoms with Crippen LogP contribution in [0.25, 0.3) is 59.4 Å². The van der Waals surface area contributed by atoms with Crippen molar-refractivity contribution in [2.45, 2.75) is 38.5 Å². The minimum Gasteiger partial charge on any atom is -0.309 e. The van der Waals surface area contributed by atoms with Crippen molar-refractivity contribution in [3.63, 3.8) is 0 Å². The molecule has 0 atom stereocenters. The van der Waals surface area contributed by atoms with Gasteiger partial charge < -0.3 is 9.80 Å². The highest BCUT2D eigenvalue weighted by Crippen LogP contribution is 2.51. The lowest BCUT2D eigenvalue weighted by molar-refractivity contribution is 0.641. The largest absolute Gasteiger partial charge is 0.309 e. The van der Waals surface area contributed by atoms with Crippen molar-refractivity contribution in [2.75, 3.05) is 9.80 Å². The van der Waals surface area contributed by atoms with Gasteiger partial charge >= 0.3 is 0 Å². The van der Waals surface area contributed by atoms with Gasteiger partial charge in [-0.05, 0) is 128 Å². The number of rotatable bonds is 12. The predicted octanol–water partition coefficient (Wildman–Crippen LogP) is 19.9. The van der Waals surface area contributed by atoms with Gasteiger partial charge in [0.05, 0.1) is 41.0 Å². The Morgan fingerprint density at radius 1 is 0.382 bits per heavy atom. The first-order valence-corrected chi connectivity index (χ1v) is 25.9. The number of hydrogen-bond donors (Lipinski definition) is 0. The first-order chi connectivity index (χ1) is 37.1. The standard InChI is InChI=1S/C72H54N4/c1-71(2,54-22-14-8-15-23-54)56-32-44-67(63(46-56)50-18-10-6-11-19-50)75(59-36-26-49(48-73)27-37-59)65-42-30-52-29-41-62-66(43-31-53-28-40-61(65)69(52)70(53)62)76(60-38-34-58(74-5)35-39-60)68-45-33-57(47-64(68)51-20-12-7-13-21-51)72(3,4)55-24-16-9-17-25-55/h6-47H,1-4H3. The second kappa shape index (κ2) is 19.3. The zero-order valence-corrected chi connectivity index (χ0v) is 43.0. The zero-order valence-electron chi connectivity index (χ0n) is 43.0. The summed E-state index contributed by atoms with van der Waals surface area (Å²) in [4.78, 5) is 8.56. The van der Waals surface area contributed by atoms with Gasteiger partial charge in [0, 0.05) is 44.1 Å². The van der Waals surface area contributed by atoms with E-state index >= 15 is 0 Å². The molecule has 76 heavy (non-hydrogen) atoms. The van der Waals surface area contributed by atoms with Crippen LogP contribution in [0, 0.1) is 17.9 Å². The summed E-state index contributed by atoms with van der Waals surface area (Å²) in [5.74, 6) is 0. The van der Waals surface area contributed by atoms with E-state index in [0.717, 1.165) is 77.9 Å². The van der Waals surface area contributed by atoms with E-state index in [2.05, 4.69) is 279 Å². The van der Waals surface area contributed by atoms with Gasteiger partial charge in [0.1, 0.15) is 0 Å². The minimum atomic E-state index is -0.275. The van der Waals surface area contributed by atoms with Gasteiger partial charge in [-0.2, -0.15) is 5.26 Å². The molecule has 362 valence electrons. The lowest BCUT2D eigenvalue weighted by atomic mass is 9.77. The van der Waals surface area contributed by atoms with Gasteiger partial charge in [-0.3, -0.25) is 0 Å². The molecule has 4 heteroatoms. The molecule has 0 unspecified atom stereocenters. The summed E-state index contributed by atoms with van der Waals surface area (Å²) >= 11 is 0. The molecule has 0 heterocycles. The van der Waals surface area contributed by atoms with E-state index < -0.39 is 0 Å². The zero-order chi connectivity index (χ0) is 52.0. The molecule has 12 aromatic carbocycles. The Kier molecular flexibility index (Phi) is 12.0. The third-order valence-corrected chi connectivity index (χ3v) is 15.7. The fraction of sp³-hybridized carbons (Fsp3) is 0.0833. The molecule has 12 rings (SSSR count). The lowest BCUT2D eigenvalue weighted by Gasteiger charge is -2.33. The first kappa shape index (κ1) is 47.3. The van der Waals surface area contributed by atoms with E-state index in [-0.39, 0.29) is 10.8 Å². The van der Waals surface area contributed by atoms with Gasteiger partial charge in [-0.15, -0.1) is 0 Å². The molecule has 0 amide bonds. The molecular formula is C72H54N4. The highest BCUT2D eigenvalue weighted by molar-refractivity contribution is 6.28. The molecule has 0 radical (unpaired) electrons. The van der Waals surface area contributed by atoms with Crippen molar-refractivity contribution in [1.29, 1.82) is 5.26 Å². The number of benzene rings is 12. The molecule has 0 N–H and O–H groups in total. The van der Waals surface area contributed by atoms with Crippen LogP contribution in [0.2, 0.25) is 0 Å². The van der Waals surface area contributed by atoms with Gasteiger partial charge in [-0.1, -0.05) is 210 Å². The molecule has 0 aliphatic heterocycles. The molecule has 0 saturated carbocycles. The fourth-order valence-electron chi connectivity index (χ4n) is 11.3. The number of hydrogen-bond acceptors (Lipinski definition) is 3. The summed E-state index contributed by atoms with van der Waals surface area (Å²) in [6.07, 6.45) is 0. The van der Waals surface area contributed by atoms with Gasteiger partial charge in [0.25, 0.3) is 0 Å². The van der Waals surface area contributed by atoms with Gasteiger partial charge in [0.2, 0.25) is 0 Å². The summed E-state index contributed by atoms with van der Waals surface area (Å²) in [6.45, 7) is 17.1. The summed E-state index contributed by atoms with van der Waals surface area (Å²) in [6, 6.07) is 93.2. The summed E-state index contributed by atoms with van der Waals surface area (Å²) in [7, 11) is 0. The van der Waals surface area contributed by atoms with Crippen LogP contribution in [0.15, 0.2) is 255 Å². The second-order valence-corrected chi connectivity index (χ2v) is 20.7. The SMILES string of the molecule is [C-]#[N+]c1ccc(N(c2ccc(C(C)(C)c3ccccc3)cc2-c2ccccc2)c2ccc3ccc4c(N(c5ccc(C#N)cc5)c5ccc(C(C)(C)c6ccccc6)cc5-c5ccccc5)ccc5ccc2c3c54)cc1. The topological polar surface area (TPSA) is 34.6 Å². The highest BCUT2D eigenvalue weighted by atomic mass is 15.2. The third-order valence-electron chi connectivity index (χ3n) is 15.7. The van der Waals surface area contributed by atoms with Crippen molar-refractivity contribution in [3.8, 4) is 28.3 Å². The number of anilines is 6. The minimum absolute atomic E-state index is 0.273. The fourth-order valence-corrected chi connectivity index (χ4v) is 11.3. The Labute approximate surface area is 445 Å². The highest BCUT2D eigenvalue weighted by Gasteiger charge is 2.30. The normalized spacial score (nSPS) is 11.7. The van der Waals surface area contributed by atoms with Crippen molar-refractivity contribution >= 4 is 72.1 Å². The van der Waals surface area contributed by atoms with Crippen LogP contribution >= 0.6 is 0 Å². The molecule has 4 nitrogen and oxygen atoms in total. The van der Waals surface area contributed by atoms with E-state index in [1.807, 2.05) is 24.3 Å². The molecule has 0 fully saturated rings. The molecule has 0 aliphatic carbocycles. The molecule has 0 aromatic heterocycles. The van der Waals surface area contributed by atoms with Crippen molar-refractivity contribution in [3.05, 3.63) is 294 Å². The molecular weight excluding hydrogens is 921 g/mol. The van der Waals surface area contributed by atoms with E-state index in [1.54, 1.807) is 0 Å². The van der Waals surface area contributed by atoms with Crippen LogP contribution in [-0.2, 0) is 10.8 Å². The molecule has 12 aromatic rings. The quantitative estimate of drug-likeness (QED) is 0.0904. The maximum atomic E-state index is 10.0. The summed E-state index contributed by atoms with van der Waals surface area (Å²) < 4.78 is 0. The van der Waals surface area contributed by atoms with Crippen LogP contribution < -0.4 is 9.80 Å². The van der Waals surface area contributed by atoms with Crippen molar-refractivity contribution in [1.82, 2.24) is 0 Å². The second-order valence-electron chi connectivity index (χ2n) is 20.7. The average Bonchev–Trinajstić information content (AvgIpc) is 3.55. The summed E-state index contributed by atoms with van der Waals surface area (Å²) in [5, 5.41) is 16.8. The van der Waals surface area contributed by atoms with Crippen LogP contribution in [0.4, 0.5) is 39.8 Å². The molecule has 0 bridgehead atoms. The Morgan fingerprint density at radius 3 is 1.14 bits per heavy atom. The van der Waals surface area contributed by atoms with Crippen LogP contribution in [0.3, 0.4) is 0 Å². The first-order valence-electron chi connectivity index (χ1n) is 25.9. The Bertz CT molecular complexity index is 3880. The van der Waals surface area contributed by atoms with E-state index in [4.69, 9.17) is 6.57 Å². The van der Waals surface area contributed by atoms with Crippen LogP contribution in [0.1, 0.15) is 55.5 Å². The van der Waals surface area contributed by atoms with E-state index in [1.165, 1.54) is 33.0 Å².